The molecule has 0 aliphatic heterocycles. The maximum absolute atomic E-state index is 13.6. The summed E-state index contributed by atoms with van der Waals surface area (Å²) in [5, 5.41) is 0. The summed E-state index contributed by atoms with van der Waals surface area (Å²) in [5.74, 6) is -4.61. The zero-order valence-electron chi connectivity index (χ0n) is 13.6. The van der Waals surface area contributed by atoms with Gasteiger partial charge in [0.2, 0.25) is 11.8 Å². The third-order valence-electron chi connectivity index (χ3n) is 3.46. The fourth-order valence-corrected chi connectivity index (χ4v) is 2.03. The predicted octanol–water partition coefficient (Wildman–Crippen LogP) is 4.03. The largest absolute Gasteiger partial charge is 0.494 e. The summed E-state index contributed by atoms with van der Waals surface area (Å²) >= 11 is 0. The van der Waals surface area contributed by atoms with Gasteiger partial charge in [-0.3, -0.25) is 4.79 Å². The van der Waals surface area contributed by atoms with Crippen LogP contribution in [0.15, 0.2) is 30.9 Å². The fourth-order valence-electron chi connectivity index (χ4n) is 2.03. The van der Waals surface area contributed by atoms with Crippen LogP contribution < -0.4 is 4.74 Å². The number of hydrogen-bond donors (Lipinski definition) is 0. The lowest BCUT2D eigenvalue weighted by Crippen LogP contribution is -2.38. The van der Waals surface area contributed by atoms with Crippen molar-refractivity contribution in [2.75, 3.05) is 13.2 Å². The number of rotatable bonds is 8. The van der Waals surface area contributed by atoms with Crippen molar-refractivity contribution in [2.45, 2.75) is 33.2 Å². The molecule has 0 saturated heterocycles. The third-order valence-corrected chi connectivity index (χ3v) is 3.46. The summed E-state index contributed by atoms with van der Waals surface area (Å²) in [5.41, 5.74) is 0.468. The first kappa shape index (κ1) is 19.1. The highest BCUT2D eigenvalue weighted by Crippen LogP contribution is 2.25. The number of amides is 1. The molecule has 23 heavy (non-hydrogen) atoms. The normalized spacial score (nSPS) is 12.6. The van der Waals surface area contributed by atoms with E-state index in [9.17, 15) is 18.0 Å². The summed E-state index contributed by atoms with van der Waals surface area (Å²) in [4.78, 5) is 13.1. The molecular weight excluding hydrogens is 307 g/mol. The van der Waals surface area contributed by atoms with E-state index in [2.05, 4.69) is 6.58 Å². The zero-order valence-corrected chi connectivity index (χ0v) is 13.6. The molecule has 0 N–H and O–H groups in total. The molecule has 128 valence electrons. The molecule has 0 aliphatic carbocycles. The maximum Gasteiger partial charge on any atom is 0.249 e. The van der Waals surface area contributed by atoms with Gasteiger partial charge in [0.05, 0.1) is 6.61 Å². The molecule has 1 atom stereocenters. The minimum absolute atomic E-state index is 0.00308. The number of carbonyl (C=O) groups is 1. The number of benzene rings is 1. The molecule has 0 aromatic heterocycles. The van der Waals surface area contributed by atoms with Crippen molar-refractivity contribution >= 4 is 5.91 Å². The van der Waals surface area contributed by atoms with Gasteiger partial charge < -0.3 is 9.64 Å². The van der Waals surface area contributed by atoms with E-state index in [1.807, 2.05) is 0 Å². The van der Waals surface area contributed by atoms with Gasteiger partial charge in [0.25, 0.3) is 0 Å². The summed E-state index contributed by atoms with van der Waals surface area (Å²) in [6.07, 6.45) is 1.06. The van der Waals surface area contributed by atoms with Crippen molar-refractivity contribution in [3.63, 3.8) is 0 Å². The molecule has 1 aromatic carbocycles. The molecule has 0 saturated carbocycles. The molecule has 0 spiro atoms. The molecule has 0 aliphatic rings. The van der Waals surface area contributed by atoms with E-state index in [-0.39, 0.29) is 13.1 Å². The lowest BCUT2D eigenvalue weighted by Gasteiger charge is -2.28. The average molecular weight is 329 g/mol. The summed E-state index contributed by atoms with van der Waals surface area (Å²) in [6.45, 7) is 7.53. The van der Waals surface area contributed by atoms with Crippen molar-refractivity contribution in [1.82, 2.24) is 4.90 Å². The van der Waals surface area contributed by atoms with Crippen LogP contribution in [0.5, 0.6) is 5.75 Å². The van der Waals surface area contributed by atoms with E-state index in [4.69, 9.17) is 4.74 Å². The minimum atomic E-state index is -2.92. The first-order valence-electron chi connectivity index (χ1n) is 7.38. The van der Waals surface area contributed by atoms with Crippen LogP contribution in [0.25, 0.3) is 0 Å². The molecule has 0 heterocycles. The number of ether oxygens (including phenoxy) is 1. The van der Waals surface area contributed by atoms with Gasteiger partial charge in [-0.1, -0.05) is 13.5 Å². The van der Waals surface area contributed by atoms with Crippen LogP contribution >= 0.6 is 0 Å². The van der Waals surface area contributed by atoms with Gasteiger partial charge in [0.15, 0.2) is 0 Å². The Morgan fingerprint density at radius 1 is 1.43 bits per heavy atom. The van der Waals surface area contributed by atoms with Crippen LogP contribution in [-0.2, 0) is 11.3 Å². The van der Waals surface area contributed by atoms with Gasteiger partial charge in [0, 0.05) is 25.1 Å². The van der Waals surface area contributed by atoms with Gasteiger partial charge in [-0.05, 0) is 37.6 Å². The van der Waals surface area contributed by atoms with Gasteiger partial charge in [-0.2, -0.15) is 0 Å². The van der Waals surface area contributed by atoms with E-state index in [1.165, 1.54) is 24.0 Å². The maximum atomic E-state index is 13.6. The Morgan fingerprint density at radius 3 is 2.61 bits per heavy atom. The van der Waals surface area contributed by atoms with Crippen LogP contribution in [0.1, 0.15) is 26.3 Å². The minimum Gasteiger partial charge on any atom is -0.494 e. The molecule has 1 rings (SSSR count). The lowest BCUT2D eigenvalue weighted by atomic mass is 10.0. The number of hydrogen-bond acceptors (Lipinski definition) is 2. The Labute approximate surface area is 134 Å². The van der Waals surface area contributed by atoms with E-state index in [0.717, 1.165) is 13.0 Å². The van der Waals surface area contributed by atoms with E-state index in [0.29, 0.717) is 17.9 Å². The van der Waals surface area contributed by atoms with Crippen molar-refractivity contribution in [2.24, 2.45) is 5.92 Å². The quantitative estimate of drug-likeness (QED) is 0.674. The Morgan fingerprint density at radius 2 is 2.09 bits per heavy atom. The zero-order chi connectivity index (χ0) is 17.6. The highest BCUT2D eigenvalue weighted by Gasteiger charge is 2.32. The number of alkyl halides is 2. The molecule has 0 fully saturated rings. The second-order valence-corrected chi connectivity index (χ2v) is 5.51. The SMILES string of the molecule is C=CC(=O)N(Cc1cc(F)cc(OCC)c1)CC(C)C(C)(F)F. The second-order valence-electron chi connectivity index (χ2n) is 5.51. The van der Waals surface area contributed by atoms with Crippen LogP contribution in [0.4, 0.5) is 13.2 Å². The van der Waals surface area contributed by atoms with Crippen molar-refractivity contribution in [3.8, 4) is 5.75 Å². The van der Waals surface area contributed by atoms with Crippen molar-refractivity contribution in [1.29, 1.82) is 0 Å². The van der Waals surface area contributed by atoms with Crippen LogP contribution in [0.2, 0.25) is 0 Å². The first-order valence-corrected chi connectivity index (χ1v) is 7.38. The summed E-state index contributed by atoms with van der Waals surface area (Å²) < 4.78 is 45.6. The highest BCUT2D eigenvalue weighted by molar-refractivity contribution is 5.87. The van der Waals surface area contributed by atoms with Crippen LogP contribution in [0.3, 0.4) is 0 Å². The Bertz CT molecular complexity index is 555. The Kier molecular flexibility index (Phi) is 6.66. The molecule has 6 heteroatoms. The van der Waals surface area contributed by atoms with Gasteiger partial charge in [0.1, 0.15) is 11.6 Å². The molecular formula is C17H22F3NO2. The smallest absolute Gasteiger partial charge is 0.249 e. The topological polar surface area (TPSA) is 29.5 Å². The van der Waals surface area contributed by atoms with Gasteiger partial charge in [-0.25, -0.2) is 13.2 Å². The monoisotopic (exact) mass is 329 g/mol. The predicted molar refractivity (Wildman–Crippen MR) is 83.0 cm³/mol. The number of carbonyl (C=O) groups excluding carboxylic acids is 1. The van der Waals surface area contributed by atoms with E-state index in [1.54, 1.807) is 13.0 Å². The second kappa shape index (κ2) is 8.04. The van der Waals surface area contributed by atoms with E-state index < -0.39 is 23.6 Å². The molecule has 1 amide bonds. The van der Waals surface area contributed by atoms with Gasteiger partial charge in [-0.15, -0.1) is 0 Å². The third kappa shape index (κ3) is 5.96. The first-order chi connectivity index (χ1) is 10.7. The van der Waals surface area contributed by atoms with Crippen molar-refractivity contribution < 1.29 is 22.7 Å². The summed E-state index contributed by atoms with van der Waals surface area (Å²) in [7, 11) is 0. The molecule has 3 nitrogen and oxygen atoms in total. The molecule has 0 radical (unpaired) electrons. The fraction of sp³-hybridized carbons (Fsp3) is 0.471. The molecule has 1 aromatic rings. The Balaban J connectivity index is 2.97. The van der Waals surface area contributed by atoms with Crippen LogP contribution in [0, 0.1) is 11.7 Å². The van der Waals surface area contributed by atoms with Crippen molar-refractivity contribution in [3.05, 3.63) is 42.2 Å². The number of nitrogens with zero attached hydrogens (tertiary/aromatic N) is 1. The standard InChI is InChI=1S/C17H22F3NO2/c1-5-16(22)21(10-12(3)17(4,19)20)11-13-7-14(18)9-15(8-13)23-6-2/h5,7-9,12H,1,6,10-11H2,2-4H3. The van der Waals surface area contributed by atoms with Crippen LogP contribution in [-0.4, -0.2) is 29.9 Å². The molecule has 0 bridgehead atoms. The summed E-state index contributed by atoms with van der Waals surface area (Å²) in [6, 6.07) is 4.07. The number of halogens is 3. The van der Waals surface area contributed by atoms with Gasteiger partial charge >= 0.3 is 0 Å². The average Bonchev–Trinajstić information content (AvgIpc) is 2.44. The lowest BCUT2D eigenvalue weighted by molar-refractivity contribution is -0.129. The van der Waals surface area contributed by atoms with E-state index >= 15 is 0 Å². The highest BCUT2D eigenvalue weighted by atomic mass is 19.3. The molecule has 1 unspecified atom stereocenters. The Hall–Kier alpha value is -1.98.